The second-order valence-electron chi connectivity index (χ2n) is 6.99. The molecule has 0 saturated carbocycles. The average Bonchev–Trinajstić information content (AvgIpc) is 3.23. The highest BCUT2D eigenvalue weighted by Gasteiger charge is 2.42. The lowest BCUT2D eigenvalue weighted by Gasteiger charge is -2.31. The Morgan fingerprint density at radius 1 is 1.38 bits per heavy atom. The summed E-state index contributed by atoms with van der Waals surface area (Å²) in [6.45, 7) is 5.82. The van der Waals surface area contributed by atoms with Crippen LogP contribution < -0.4 is 0 Å². The van der Waals surface area contributed by atoms with Crippen LogP contribution in [0.4, 0.5) is 13.2 Å². The number of rotatable bonds is 4. The van der Waals surface area contributed by atoms with Crippen LogP contribution >= 0.6 is 11.3 Å². The number of amides is 1. The van der Waals surface area contributed by atoms with Crippen molar-refractivity contribution in [2.24, 2.45) is 5.41 Å². The Labute approximate surface area is 170 Å². The topological polar surface area (TPSA) is 92.2 Å². The molecule has 1 aromatic rings. The first-order chi connectivity index (χ1) is 13.6. The molecule has 8 nitrogen and oxygen atoms in total. The standard InChI is InChI=1S/C15H23N3O3S.C2HF3O2/c1-20-9-14(19)18-5-6-21-12-15(11-18)2-4-17(10-15)8-13-16-3-7-22-13;3-2(4,5)1(6)7/h3,7H,2,4-6,8-12H2,1H3;(H,6,7). The fourth-order valence-electron chi connectivity index (χ4n) is 3.35. The minimum atomic E-state index is -5.08. The van der Waals surface area contributed by atoms with Crippen LogP contribution in [-0.2, 0) is 25.6 Å². The predicted octanol–water partition coefficient (Wildman–Crippen LogP) is 1.47. The zero-order valence-corrected chi connectivity index (χ0v) is 16.8. The number of hydrogen-bond acceptors (Lipinski definition) is 7. The van der Waals surface area contributed by atoms with E-state index < -0.39 is 12.1 Å². The van der Waals surface area contributed by atoms with Crippen LogP contribution in [0.15, 0.2) is 11.6 Å². The van der Waals surface area contributed by atoms with E-state index in [1.54, 1.807) is 18.4 Å². The molecule has 2 aliphatic heterocycles. The highest BCUT2D eigenvalue weighted by Crippen LogP contribution is 2.34. The number of carbonyl (C=O) groups excluding carboxylic acids is 1. The third-order valence-electron chi connectivity index (χ3n) is 4.66. The summed E-state index contributed by atoms with van der Waals surface area (Å²) in [6, 6.07) is 0. The molecule has 2 fully saturated rings. The van der Waals surface area contributed by atoms with E-state index in [0.29, 0.717) is 13.2 Å². The van der Waals surface area contributed by atoms with Gasteiger partial charge in [-0.3, -0.25) is 9.69 Å². The Morgan fingerprint density at radius 3 is 2.69 bits per heavy atom. The molecule has 2 saturated heterocycles. The molecule has 1 spiro atoms. The zero-order valence-electron chi connectivity index (χ0n) is 16.0. The van der Waals surface area contributed by atoms with E-state index in [1.165, 1.54) is 0 Å². The van der Waals surface area contributed by atoms with Crippen molar-refractivity contribution in [2.45, 2.75) is 19.1 Å². The summed E-state index contributed by atoms with van der Waals surface area (Å²) < 4.78 is 42.5. The van der Waals surface area contributed by atoms with E-state index in [9.17, 15) is 18.0 Å². The molecule has 0 aliphatic carbocycles. The lowest BCUT2D eigenvalue weighted by molar-refractivity contribution is -0.192. The smallest absolute Gasteiger partial charge is 0.475 e. The van der Waals surface area contributed by atoms with Crippen LogP contribution in [0, 0.1) is 5.41 Å². The number of halogens is 3. The summed E-state index contributed by atoms with van der Waals surface area (Å²) in [5.74, 6) is -2.70. The Balaban J connectivity index is 0.000000370. The van der Waals surface area contributed by atoms with Gasteiger partial charge in [-0.15, -0.1) is 11.3 Å². The predicted molar refractivity (Wildman–Crippen MR) is 97.4 cm³/mol. The number of hydrogen-bond donors (Lipinski definition) is 1. The van der Waals surface area contributed by atoms with E-state index in [0.717, 1.165) is 44.2 Å². The number of nitrogens with zero attached hydrogens (tertiary/aromatic N) is 3. The van der Waals surface area contributed by atoms with Gasteiger partial charge in [-0.2, -0.15) is 13.2 Å². The van der Waals surface area contributed by atoms with Crippen molar-refractivity contribution < 1.29 is 37.3 Å². The van der Waals surface area contributed by atoms with Crippen LogP contribution in [-0.4, -0.2) is 91.1 Å². The van der Waals surface area contributed by atoms with Gasteiger partial charge >= 0.3 is 12.1 Å². The Morgan fingerprint density at radius 2 is 2.10 bits per heavy atom. The summed E-state index contributed by atoms with van der Waals surface area (Å²) >= 11 is 1.70. The first-order valence-electron chi connectivity index (χ1n) is 8.90. The molecule has 2 aliphatic rings. The van der Waals surface area contributed by atoms with E-state index in [-0.39, 0.29) is 17.9 Å². The number of methoxy groups -OCH3 is 1. The molecule has 29 heavy (non-hydrogen) atoms. The lowest BCUT2D eigenvalue weighted by Crippen LogP contribution is -2.44. The van der Waals surface area contributed by atoms with E-state index >= 15 is 0 Å². The van der Waals surface area contributed by atoms with Gasteiger partial charge in [0.15, 0.2) is 0 Å². The Hall–Kier alpha value is -1.76. The lowest BCUT2D eigenvalue weighted by atomic mass is 9.87. The quantitative estimate of drug-likeness (QED) is 0.760. The fraction of sp³-hybridized carbons (Fsp3) is 0.706. The van der Waals surface area contributed by atoms with Crippen LogP contribution in [0.2, 0.25) is 0 Å². The molecule has 12 heteroatoms. The molecule has 0 aromatic carbocycles. The maximum atomic E-state index is 12.2. The first kappa shape index (κ1) is 23.5. The molecule has 1 atom stereocenters. The third-order valence-corrected chi connectivity index (χ3v) is 5.43. The second-order valence-corrected chi connectivity index (χ2v) is 7.97. The molecular weight excluding hydrogens is 415 g/mol. The van der Waals surface area contributed by atoms with E-state index in [1.807, 2.05) is 16.5 Å². The summed E-state index contributed by atoms with van der Waals surface area (Å²) in [5.41, 5.74) is 0.0527. The number of carboxylic acid groups (broad SMARTS) is 1. The zero-order chi connectivity index (χ0) is 21.5. The molecule has 0 radical (unpaired) electrons. The molecule has 1 unspecified atom stereocenters. The molecule has 1 aromatic heterocycles. The van der Waals surface area contributed by atoms with Crippen molar-refractivity contribution in [3.8, 4) is 0 Å². The van der Waals surface area contributed by atoms with Crippen molar-refractivity contribution in [1.82, 2.24) is 14.8 Å². The van der Waals surface area contributed by atoms with Crippen molar-refractivity contribution in [1.29, 1.82) is 0 Å². The average molecular weight is 439 g/mol. The van der Waals surface area contributed by atoms with E-state index in [2.05, 4.69) is 9.88 Å². The number of aromatic nitrogens is 1. The monoisotopic (exact) mass is 439 g/mol. The van der Waals surface area contributed by atoms with Gasteiger partial charge in [0.25, 0.3) is 0 Å². The van der Waals surface area contributed by atoms with Crippen LogP contribution in [0.25, 0.3) is 0 Å². The normalized spacial score (nSPS) is 22.8. The van der Waals surface area contributed by atoms with Gasteiger partial charge in [-0.25, -0.2) is 9.78 Å². The van der Waals surface area contributed by atoms with Gasteiger partial charge in [-0.05, 0) is 13.0 Å². The van der Waals surface area contributed by atoms with Crippen molar-refractivity contribution in [3.05, 3.63) is 16.6 Å². The maximum absolute atomic E-state index is 12.2. The van der Waals surface area contributed by atoms with Crippen molar-refractivity contribution in [2.75, 3.05) is 53.1 Å². The number of thiazole rings is 1. The van der Waals surface area contributed by atoms with Gasteiger partial charge in [0.05, 0.1) is 19.8 Å². The number of aliphatic carboxylic acids is 1. The largest absolute Gasteiger partial charge is 0.490 e. The molecule has 1 N–H and O–H groups in total. The number of likely N-dealkylation sites (tertiary alicyclic amines) is 1. The summed E-state index contributed by atoms with van der Waals surface area (Å²) in [4.78, 5) is 29.7. The fourth-order valence-corrected chi connectivity index (χ4v) is 4.01. The van der Waals surface area contributed by atoms with Gasteiger partial charge in [-0.1, -0.05) is 0 Å². The summed E-state index contributed by atoms with van der Waals surface area (Å²) in [6.07, 6.45) is -2.17. The number of carbonyl (C=O) groups is 2. The number of ether oxygens (including phenoxy) is 2. The molecule has 3 heterocycles. The summed E-state index contributed by atoms with van der Waals surface area (Å²) in [5, 5.41) is 10.3. The highest BCUT2D eigenvalue weighted by atomic mass is 32.1. The van der Waals surface area contributed by atoms with Crippen LogP contribution in [0.5, 0.6) is 0 Å². The highest BCUT2D eigenvalue weighted by molar-refractivity contribution is 7.09. The van der Waals surface area contributed by atoms with E-state index in [4.69, 9.17) is 19.4 Å². The van der Waals surface area contributed by atoms with Crippen molar-refractivity contribution >= 4 is 23.2 Å². The molecule has 0 bridgehead atoms. The maximum Gasteiger partial charge on any atom is 0.490 e. The van der Waals surface area contributed by atoms with Gasteiger partial charge in [0.2, 0.25) is 5.91 Å². The Kier molecular flexibility index (Phi) is 8.37. The molecule has 3 rings (SSSR count). The second kappa shape index (κ2) is 10.3. The minimum absolute atomic E-state index is 0.0527. The Bertz CT molecular complexity index is 674. The first-order valence-corrected chi connectivity index (χ1v) is 9.78. The number of carboxylic acids is 1. The summed E-state index contributed by atoms with van der Waals surface area (Å²) in [7, 11) is 1.56. The minimum Gasteiger partial charge on any atom is -0.475 e. The van der Waals surface area contributed by atoms with Crippen molar-refractivity contribution in [3.63, 3.8) is 0 Å². The van der Waals surface area contributed by atoms with Crippen LogP contribution in [0.1, 0.15) is 11.4 Å². The number of alkyl halides is 3. The molecule has 1 amide bonds. The van der Waals surface area contributed by atoms with Gasteiger partial charge < -0.3 is 19.5 Å². The SMILES string of the molecule is COCC(=O)N1CCOCC2(CCN(Cc3nccs3)C2)C1.O=C(O)C(F)(F)F. The molecule has 164 valence electrons. The van der Waals surface area contributed by atoms with Gasteiger partial charge in [0, 0.05) is 43.7 Å². The van der Waals surface area contributed by atoms with Crippen LogP contribution in [0.3, 0.4) is 0 Å². The third kappa shape index (κ3) is 7.21. The van der Waals surface area contributed by atoms with Gasteiger partial charge in [0.1, 0.15) is 11.6 Å². The molecular formula is C17H24F3N3O5S.